The van der Waals surface area contributed by atoms with Crippen LogP contribution in [0.4, 0.5) is 0 Å². The summed E-state index contributed by atoms with van der Waals surface area (Å²) in [5.74, 6) is 0.572. The van der Waals surface area contributed by atoms with Gasteiger partial charge in [0.1, 0.15) is 0 Å². The van der Waals surface area contributed by atoms with Gasteiger partial charge in [-0.15, -0.1) is 0 Å². The van der Waals surface area contributed by atoms with E-state index in [1.807, 2.05) is 6.92 Å². The van der Waals surface area contributed by atoms with Gasteiger partial charge in [0.2, 0.25) is 0 Å². The third kappa shape index (κ3) is 6.98. The summed E-state index contributed by atoms with van der Waals surface area (Å²) in [4.78, 5) is 11.7. The van der Waals surface area contributed by atoms with Crippen LogP contribution in [0.25, 0.3) is 0 Å². The number of carbonyl (C=O) groups is 1. The molecule has 0 amide bonds. The highest BCUT2D eigenvalue weighted by molar-refractivity contribution is 6.99. The van der Waals surface area contributed by atoms with Gasteiger partial charge in [0.25, 0.3) is 8.32 Å². The summed E-state index contributed by atoms with van der Waals surface area (Å²) in [7, 11) is -2.46. The van der Waals surface area contributed by atoms with Gasteiger partial charge in [-0.3, -0.25) is 4.79 Å². The Bertz CT molecular complexity index is 936. The molecule has 0 heterocycles. The van der Waals surface area contributed by atoms with Crippen LogP contribution < -0.4 is 10.4 Å². The monoisotopic (exact) mass is 506 g/mol. The van der Waals surface area contributed by atoms with Gasteiger partial charge in [0, 0.05) is 13.0 Å². The minimum atomic E-state index is -2.46. The fourth-order valence-electron chi connectivity index (χ4n) is 5.94. The molecule has 1 aliphatic rings. The lowest BCUT2D eigenvalue weighted by molar-refractivity contribution is -0.143. The molecule has 36 heavy (non-hydrogen) atoms. The van der Waals surface area contributed by atoms with Crippen LogP contribution in [-0.4, -0.2) is 27.5 Å². The molecule has 3 rings (SSSR count). The summed E-state index contributed by atoms with van der Waals surface area (Å²) in [6.45, 7) is 12.5. The number of hydrogen-bond donors (Lipinski definition) is 0. The highest BCUT2D eigenvalue weighted by Crippen LogP contribution is 2.38. The molecule has 2 aromatic rings. The van der Waals surface area contributed by atoms with Crippen molar-refractivity contribution in [1.82, 2.24) is 0 Å². The molecule has 0 aromatic heterocycles. The van der Waals surface area contributed by atoms with Crippen LogP contribution in [0.15, 0.2) is 71.8 Å². The van der Waals surface area contributed by atoms with Crippen molar-refractivity contribution in [1.29, 1.82) is 0 Å². The minimum Gasteiger partial charge on any atom is -0.466 e. The van der Waals surface area contributed by atoms with Crippen LogP contribution in [0.2, 0.25) is 5.04 Å². The second-order valence-corrected chi connectivity index (χ2v) is 15.5. The first-order valence-corrected chi connectivity index (χ1v) is 15.8. The van der Waals surface area contributed by atoms with Gasteiger partial charge in [0.15, 0.2) is 0 Å². The van der Waals surface area contributed by atoms with Crippen molar-refractivity contribution in [2.45, 2.75) is 91.0 Å². The predicted octanol–water partition coefficient (Wildman–Crippen LogP) is 7.19. The number of carbonyl (C=O) groups excluding carboxylic acids is 1. The van der Waals surface area contributed by atoms with E-state index in [1.165, 1.54) is 36.1 Å². The second kappa shape index (κ2) is 13.4. The van der Waals surface area contributed by atoms with Crippen molar-refractivity contribution in [3.05, 3.63) is 71.8 Å². The van der Waals surface area contributed by atoms with Crippen molar-refractivity contribution < 1.29 is 14.0 Å². The molecule has 0 bridgehead atoms. The number of esters is 1. The average Bonchev–Trinajstić information content (AvgIpc) is 2.86. The van der Waals surface area contributed by atoms with Gasteiger partial charge in [-0.2, -0.15) is 0 Å². The summed E-state index contributed by atoms with van der Waals surface area (Å²) in [6, 6.07) is 21.8. The quantitative estimate of drug-likeness (QED) is 0.132. The third-order valence-electron chi connectivity index (χ3n) is 7.80. The second-order valence-electron chi connectivity index (χ2n) is 11.2. The maximum absolute atomic E-state index is 11.7. The molecule has 0 saturated carbocycles. The predicted molar refractivity (Wildman–Crippen MR) is 153 cm³/mol. The molecule has 0 spiro atoms. The Balaban J connectivity index is 1.68. The molecule has 0 radical (unpaired) electrons. The fraction of sp³-hybridized carbons (Fsp3) is 0.531. The van der Waals surface area contributed by atoms with E-state index in [0.717, 1.165) is 25.9 Å². The van der Waals surface area contributed by atoms with E-state index >= 15 is 0 Å². The van der Waals surface area contributed by atoms with Crippen molar-refractivity contribution >= 4 is 24.7 Å². The molecule has 0 N–H and O–H groups in total. The van der Waals surface area contributed by atoms with Crippen molar-refractivity contribution in [2.24, 2.45) is 5.92 Å². The van der Waals surface area contributed by atoms with E-state index < -0.39 is 8.32 Å². The zero-order chi connectivity index (χ0) is 26.0. The maximum Gasteiger partial charge on any atom is 0.305 e. The summed E-state index contributed by atoms with van der Waals surface area (Å²) in [5.41, 5.74) is 3.14. The summed E-state index contributed by atoms with van der Waals surface area (Å²) in [6.07, 6.45) is 8.41. The average molecular weight is 507 g/mol. The Morgan fingerprint density at radius 3 is 2.14 bits per heavy atom. The molecule has 0 aliphatic heterocycles. The molecule has 0 fully saturated rings. The van der Waals surface area contributed by atoms with Crippen LogP contribution in [0.1, 0.15) is 86.0 Å². The van der Waals surface area contributed by atoms with Crippen molar-refractivity contribution in [3.63, 3.8) is 0 Å². The first-order chi connectivity index (χ1) is 17.3. The zero-order valence-corrected chi connectivity index (χ0v) is 24.1. The standard InChI is InChI=1S/C32H46O3Si/c1-6-34-31(33)24-14-18-27-16-13-17-28(26(27)2)19-15-25-35-36(32(3,4)5,29-20-9-7-10-21-29)30-22-11-8-12-23-30/h7-12,20-23,28H,6,13-19,24-25H2,1-5H3/t28-/m1/s1. The Labute approximate surface area is 220 Å². The molecule has 0 unspecified atom stereocenters. The van der Waals surface area contributed by atoms with E-state index in [4.69, 9.17) is 9.16 Å². The normalized spacial score (nSPS) is 16.8. The molecule has 3 nitrogen and oxygen atoms in total. The fourth-order valence-corrected chi connectivity index (χ4v) is 10.5. The Morgan fingerprint density at radius 2 is 1.58 bits per heavy atom. The van der Waals surface area contributed by atoms with Crippen molar-refractivity contribution in [3.8, 4) is 0 Å². The number of hydrogen-bond acceptors (Lipinski definition) is 3. The first-order valence-electron chi connectivity index (χ1n) is 13.9. The minimum absolute atomic E-state index is 0.0163. The van der Waals surface area contributed by atoms with Gasteiger partial charge < -0.3 is 9.16 Å². The maximum atomic E-state index is 11.7. The Kier molecular flexibility index (Phi) is 10.6. The lowest BCUT2D eigenvalue weighted by Crippen LogP contribution is -2.66. The summed E-state index contributed by atoms with van der Waals surface area (Å²) in [5, 5.41) is 2.71. The Hall–Kier alpha value is -2.17. The molecule has 0 saturated heterocycles. The van der Waals surface area contributed by atoms with Crippen LogP contribution in [-0.2, 0) is 14.0 Å². The molecular weight excluding hydrogens is 460 g/mol. The third-order valence-corrected chi connectivity index (χ3v) is 12.8. The van der Waals surface area contributed by atoms with E-state index in [-0.39, 0.29) is 11.0 Å². The number of benzene rings is 2. The zero-order valence-electron chi connectivity index (χ0n) is 23.1. The largest absolute Gasteiger partial charge is 0.466 e. The van der Waals surface area contributed by atoms with E-state index in [0.29, 0.717) is 18.9 Å². The van der Waals surface area contributed by atoms with E-state index in [9.17, 15) is 4.79 Å². The summed E-state index contributed by atoms with van der Waals surface area (Å²) >= 11 is 0. The molecule has 4 heteroatoms. The van der Waals surface area contributed by atoms with Crippen LogP contribution in [0.5, 0.6) is 0 Å². The van der Waals surface area contributed by atoms with Crippen LogP contribution in [0, 0.1) is 5.92 Å². The van der Waals surface area contributed by atoms with Gasteiger partial charge >= 0.3 is 5.97 Å². The highest BCUT2D eigenvalue weighted by atomic mass is 28.4. The van der Waals surface area contributed by atoms with Crippen LogP contribution >= 0.6 is 0 Å². The molecule has 2 aromatic carbocycles. The lowest BCUT2D eigenvalue weighted by atomic mass is 9.79. The first kappa shape index (κ1) is 28.4. The number of allylic oxidation sites excluding steroid dienone is 2. The topological polar surface area (TPSA) is 35.5 Å². The lowest BCUT2D eigenvalue weighted by Gasteiger charge is -2.43. The molecule has 1 aliphatic carbocycles. The van der Waals surface area contributed by atoms with Gasteiger partial charge in [-0.05, 0) is 80.1 Å². The van der Waals surface area contributed by atoms with E-state index in [1.54, 1.807) is 11.1 Å². The van der Waals surface area contributed by atoms with Gasteiger partial charge in [-0.25, -0.2) is 0 Å². The van der Waals surface area contributed by atoms with E-state index in [2.05, 4.69) is 88.4 Å². The molecule has 196 valence electrons. The van der Waals surface area contributed by atoms with Gasteiger partial charge in [0.05, 0.1) is 6.61 Å². The SMILES string of the molecule is CCOC(=O)CCCC1=C(C)[C@@H](CCCO[Si](c2ccccc2)(c2ccccc2)C(C)(C)C)CCC1. The molecular formula is C32H46O3Si. The van der Waals surface area contributed by atoms with Crippen molar-refractivity contribution in [2.75, 3.05) is 13.2 Å². The molecule has 1 atom stereocenters. The smallest absolute Gasteiger partial charge is 0.305 e. The highest BCUT2D eigenvalue weighted by Gasteiger charge is 2.49. The number of ether oxygens (including phenoxy) is 1. The Morgan fingerprint density at radius 1 is 0.972 bits per heavy atom. The van der Waals surface area contributed by atoms with Crippen LogP contribution in [0.3, 0.4) is 0 Å². The van der Waals surface area contributed by atoms with Gasteiger partial charge in [-0.1, -0.05) is 92.6 Å². The number of rotatable bonds is 12. The summed E-state index contributed by atoms with van der Waals surface area (Å²) < 4.78 is 12.2.